The van der Waals surface area contributed by atoms with E-state index in [1.165, 1.54) is 12.1 Å². The average molecular weight is 308 g/mol. The number of carboxylic acid groups (broad SMARTS) is 1. The normalized spacial score (nSPS) is 31.3. The molecule has 0 bridgehead atoms. The van der Waals surface area contributed by atoms with Crippen molar-refractivity contribution in [2.24, 2.45) is 11.8 Å². The summed E-state index contributed by atoms with van der Waals surface area (Å²) in [6.07, 6.45) is 0.814. The second kappa shape index (κ2) is 3.93. The molecule has 5 nitrogen and oxygen atoms in total. The van der Waals surface area contributed by atoms with Gasteiger partial charge in [-0.25, -0.2) is 8.42 Å². The third-order valence-corrected chi connectivity index (χ3v) is 7.02. The first-order valence-electron chi connectivity index (χ1n) is 5.41. The van der Waals surface area contributed by atoms with Crippen molar-refractivity contribution < 1.29 is 18.3 Å². The Bertz CT molecular complexity index is 611. The summed E-state index contributed by atoms with van der Waals surface area (Å²) in [5.74, 6) is -0.879. The SMILES string of the molecule is O=C(O)[C@@H]1[C@H]2C[C@H]2CN1S(=O)(=O)c1ccc(Cl)s1. The number of piperidine rings is 1. The zero-order valence-electron chi connectivity index (χ0n) is 9.11. The highest BCUT2D eigenvalue weighted by molar-refractivity contribution is 7.91. The van der Waals surface area contributed by atoms with Crippen molar-refractivity contribution in [2.75, 3.05) is 6.54 Å². The maximum Gasteiger partial charge on any atom is 0.322 e. The standard InChI is InChI=1S/C10H10ClNO4S2/c11-7-1-2-8(17-7)18(15,16)12-4-5-3-6(5)9(12)10(13)14/h1-2,5-6,9H,3-4H2,(H,13,14)/t5-,6-,9-/m0/s1. The number of sulfonamides is 1. The Balaban J connectivity index is 1.97. The zero-order valence-corrected chi connectivity index (χ0v) is 11.5. The molecule has 2 fully saturated rings. The van der Waals surface area contributed by atoms with Crippen LogP contribution in [0.15, 0.2) is 16.3 Å². The molecule has 3 atom stereocenters. The summed E-state index contributed by atoms with van der Waals surface area (Å²) < 4.78 is 26.3. The summed E-state index contributed by atoms with van der Waals surface area (Å²) in [4.78, 5) is 11.2. The van der Waals surface area contributed by atoms with E-state index >= 15 is 0 Å². The van der Waals surface area contributed by atoms with E-state index in [0.29, 0.717) is 10.9 Å². The quantitative estimate of drug-likeness (QED) is 0.918. The number of carbonyl (C=O) groups is 1. The summed E-state index contributed by atoms with van der Waals surface area (Å²) in [6, 6.07) is 2.01. The van der Waals surface area contributed by atoms with Crippen molar-refractivity contribution in [1.82, 2.24) is 4.31 Å². The van der Waals surface area contributed by atoms with Crippen LogP contribution in [-0.2, 0) is 14.8 Å². The minimum atomic E-state index is -3.73. The van der Waals surface area contributed by atoms with Gasteiger partial charge in [0.2, 0.25) is 0 Å². The van der Waals surface area contributed by atoms with Crippen LogP contribution in [0.4, 0.5) is 0 Å². The molecular formula is C10H10ClNO4S2. The maximum atomic E-state index is 12.3. The van der Waals surface area contributed by atoms with E-state index in [9.17, 15) is 13.2 Å². The monoisotopic (exact) mass is 307 g/mol. The Hall–Kier alpha value is -0.630. The van der Waals surface area contributed by atoms with E-state index in [4.69, 9.17) is 16.7 Å². The summed E-state index contributed by atoms with van der Waals surface area (Å²) in [7, 11) is -3.73. The Kier molecular flexibility index (Phi) is 2.71. The lowest BCUT2D eigenvalue weighted by Crippen LogP contribution is -2.42. The van der Waals surface area contributed by atoms with Gasteiger partial charge in [0.05, 0.1) is 4.34 Å². The van der Waals surface area contributed by atoms with Crippen LogP contribution in [0.2, 0.25) is 4.34 Å². The Morgan fingerprint density at radius 1 is 1.50 bits per heavy atom. The molecule has 1 saturated carbocycles. The second-order valence-electron chi connectivity index (χ2n) is 4.58. The molecule has 0 spiro atoms. The fourth-order valence-corrected chi connectivity index (χ4v) is 5.83. The number of nitrogens with zero attached hydrogens (tertiary/aromatic N) is 1. The van der Waals surface area contributed by atoms with Gasteiger partial charge in [-0.15, -0.1) is 11.3 Å². The van der Waals surface area contributed by atoms with E-state index in [0.717, 1.165) is 22.1 Å². The van der Waals surface area contributed by atoms with Crippen LogP contribution < -0.4 is 0 Å². The van der Waals surface area contributed by atoms with Gasteiger partial charge in [0.1, 0.15) is 10.3 Å². The summed E-state index contributed by atoms with van der Waals surface area (Å²) in [5.41, 5.74) is 0. The van der Waals surface area contributed by atoms with E-state index in [2.05, 4.69) is 0 Å². The van der Waals surface area contributed by atoms with Crippen LogP contribution in [0.3, 0.4) is 0 Å². The van der Waals surface area contributed by atoms with Crippen LogP contribution in [0.5, 0.6) is 0 Å². The number of carboxylic acids is 1. The topological polar surface area (TPSA) is 74.7 Å². The predicted octanol–water partition coefficient (Wildman–Crippen LogP) is 1.50. The van der Waals surface area contributed by atoms with E-state index in [1.807, 2.05) is 0 Å². The summed E-state index contributed by atoms with van der Waals surface area (Å²) in [6.45, 7) is 0.305. The third-order valence-electron chi connectivity index (χ3n) is 3.47. The molecule has 0 aromatic carbocycles. The van der Waals surface area contributed by atoms with Gasteiger partial charge in [0.15, 0.2) is 0 Å². The van der Waals surface area contributed by atoms with Gasteiger partial charge in [-0.05, 0) is 30.4 Å². The van der Waals surface area contributed by atoms with Crippen LogP contribution in [0.1, 0.15) is 6.42 Å². The van der Waals surface area contributed by atoms with E-state index < -0.39 is 22.0 Å². The van der Waals surface area contributed by atoms with Gasteiger partial charge >= 0.3 is 5.97 Å². The first-order chi connectivity index (χ1) is 8.41. The van der Waals surface area contributed by atoms with Crippen molar-refractivity contribution in [3.63, 3.8) is 0 Å². The van der Waals surface area contributed by atoms with Gasteiger partial charge in [-0.3, -0.25) is 4.79 Å². The molecule has 2 aliphatic rings. The van der Waals surface area contributed by atoms with Gasteiger partial charge in [0, 0.05) is 6.54 Å². The molecule has 1 aliphatic heterocycles. The number of hydrogen-bond acceptors (Lipinski definition) is 4. The minimum absolute atomic E-state index is 0.0206. The van der Waals surface area contributed by atoms with Crippen LogP contribution >= 0.6 is 22.9 Å². The van der Waals surface area contributed by atoms with Crippen LogP contribution in [0, 0.1) is 11.8 Å². The highest BCUT2D eigenvalue weighted by Crippen LogP contribution is 2.51. The molecule has 18 heavy (non-hydrogen) atoms. The van der Waals surface area contributed by atoms with Crippen molar-refractivity contribution in [2.45, 2.75) is 16.7 Å². The summed E-state index contributed by atoms with van der Waals surface area (Å²) >= 11 is 6.68. The lowest BCUT2D eigenvalue weighted by atomic mass is 10.2. The summed E-state index contributed by atoms with van der Waals surface area (Å²) in [5, 5.41) is 9.17. The van der Waals surface area contributed by atoms with Crippen molar-refractivity contribution in [1.29, 1.82) is 0 Å². The maximum absolute atomic E-state index is 12.3. The number of aliphatic carboxylic acids is 1. The first kappa shape index (κ1) is 12.4. The van der Waals surface area contributed by atoms with Gasteiger partial charge < -0.3 is 5.11 Å². The first-order valence-corrected chi connectivity index (χ1v) is 8.04. The number of thiophene rings is 1. The fourth-order valence-electron chi connectivity index (χ4n) is 2.53. The third kappa shape index (κ3) is 1.77. The molecule has 1 N–H and O–H groups in total. The Labute approximate surface area is 113 Å². The molecule has 3 rings (SSSR count). The average Bonchev–Trinajstić information content (AvgIpc) is 2.74. The number of halogens is 1. The fraction of sp³-hybridized carbons (Fsp3) is 0.500. The van der Waals surface area contributed by atoms with Crippen LogP contribution in [0.25, 0.3) is 0 Å². The molecule has 1 saturated heterocycles. The molecule has 98 valence electrons. The van der Waals surface area contributed by atoms with Crippen molar-refractivity contribution in [3.05, 3.63) is 16.5 Å². The lowest BCUT2D eigenvalue weighted by molar-refractivity contribution is -0.141. The molecule has 1 aromatic rings. The molecule has 0 unspecified atom stereocenters. The smallest absolute Gasteiger partial charge is 0.322 e. The molecule has 0 radical (unpaired) electrons. The Morgan fingerprint density at radius 2 is 2.22 bits per heavy atom. The molecule has 1 aliphatic carbocycles. The van der Waals surface area contributed by atoms with E-state index in [-0.39, 0.29) is 16.0 Å². The highest BCUT2D eigenvalue weighted by Gasteiger charge is 2.59. The number of hydrogen-bond donors (Lipinski definition) is 1. The molecule has 1 aromatic heterocycles. The highest BCUT2D eigenvalue weighted by atomic mass is 35.5. The Morgan fingerprint density at radius 3 is 2.78 bits per heavy atom. The van der Waals surface area contributed by atoms with Crippen LogP contribution in [-0.4, -0.2) is 36.4 Å². The van der Waals surface area contributed by atoms with Gasteiger partial charge in [-0.2, -0.15) is 4.31 Å². The zero-order chi connectivity index (χ0) is 13.1. The molecule has 8 heteroatoms. The largest absolute Gasteiger partial charge is 0.480 e. The van der Waals surface area contributed by atoms with Crippen molar-refractivity contribution >= 4 is 38.9 Å². The molecular weight excluding hydrogens is 298 g/mol. The number of fused-ring (bicyclic) bond motifs is 1. The van der Waals surface area contributed by atoms with Gasteiger partial charge in [0.25, 0.3) is 10.0 Å². The minimum Gasteiger partial charge on any atom is -0.480 e. The second-order valence-corrected chi connectivity index (χ2v) is 8.41. The molecule has 0 amide bonds. The predicted molar refractivity (Wildman–Crippen MR) is 66.2 cm³/mol. The lowest BCUT2D eigenvalue weighted by Gasteiger charge is -2.22. The number of rotatable bonds is 3. The van der Waals surface area contributed by atoms with Gasteiger partial charge in [-0.1, -0.05) is 11.6 Å². The van der Waals surface area contributed by atoms with Crippen molar-refractivity contribution in [3.8, 4) is 0 Å². The molecule has 2 heterocycles. The van der Waals surface area contributed by atoms with E-state index in [1.54, 1.807) is 0 Å².